The van der Waals surface area contributed by atoms with Crippen molar-refractivity contribution in [2.75, 3.05) is 5.73 Å². The van der Waals surface area contributed by atoms with Crippen LogP contribution in [-0.2, 0) is 6.54 Å². The minimum atomic E-state index is -0.0106. The summed E-state index contributed by atoms with van der Waals surface area (Å²) in [6.45, 7) is 2.78. The number of benzene rings is 1. The average molecular weight is 314 g/mol. The molecular weight excluding hydrogens is 303 g/mol. The van der Waals surface area contributed by atoms with Gasteiger partial charge in [-0.15, -0.1) is 0 Å². The Morgan fingerprint density at radius 1 is 1.40 bits per heavy atom. The van der Waals surface area contributed by atoms with E-state index in [1.165, 1.54) is 6.07 Å². The van der Waals surface area contributed by atoms with Crippen molar-refractivity contribution < 1.29 is 0 Å². The molecule has 0 unspecified atom stereocenters. The zero-order valence-corrected chi connectivity index (χ0v) is 10.5. The number of rotatable bonds is 1. The third-order valence-corrected chi connectivity index (χ3v) is 3.09. The molecule has 15 heavy (non-hydrogen) atoms. The molecule has 4 heteroatoms. The number of aryl methyl sites for hydroxylation is 1. The number of halogens is 1. The summed E-state index contributed by atoms with van der Waals surface area (Å²) in [5, 5.41) is 0.728. The second kappa shape index (κ2) is 3.84. The molecule has 0 atom stereocenters. The van der Waals surface area contributed by atoms with Crippen LogP contribution in [0, 0.1) is 3.57 Å². The van der Waals surface area contributed by atoms with Crippen molar-refractivity contribution in [2.45, 2.75) is 13.5 Å². The van der Waals surface area contributed by atoms with E-state index in [-0.39, 0.29) is 5.43 Å². The van der Waals surface area contributed by atoms with Gasteiger partial charge in [-0.2, -0.15) is 0 Å². The second-order valence-corrected chi connectivity index (χ2v) is 4.58. The van der Waals surface area contributed by atoms with Crippen LogP contribution in [0.25, 0.3) is 10.9 Å². The molecule has 0 saturated carbocycles. The van der Waals surface area contributed by atoms with Gasteiger partial charge < -0.3 is 10.3 Å². The first-order valence-electron chi connectivity index (χ1n) is 4.72. The van der Waals surface area contributed by atoms with Gasteiger partial charge >= 0.3 is 0 Å². The van der Waals surface area contributed by atoms with Crippen LogP contribution in [0.3, 0.4) is 0 Å². The molecule has 1 heterocycles. The lowest BCUT2D eigenvalue weighted by atomic mass is 10.2. The Labute approximate surface area is 101 Å². The highest BCUT2D eigenvalue weighted by atomic mass is 127. The lowest BCUT2D eigenvalue weighted by Crippen LogP contribution is -2.12. The topological polar surface area (TPSA) is 48.0 Å². The Morgan fingerprint density at radius 2 is 2.13 bits per heavy atom. The van der Waals surface area contributed by atoms with Gasteiger partial charge in [0.25, 0.3) is 0 Å². The Kier molecular flexibility index (Phi) is 2.68. The molecule has 3 nitrogen and oxygen atoms in total. The fraction of sp³-hybridized carbons (Fsp3) is 0.182. The highest BCUT2D eigenvalue weighted by Gasteiger charge is 2.05. The van der Waals surface area contributed by atoms with E-state index in [2.05, 4.69) is 22.6 Å². The highest BCUT2D eigenvalue weighted by molar-refractivity contribution is 14.1. The molecule has 0 aliphatic carbocycles. The van der Waals surface area contributed by atoms with Crippen molar-refractivity contribution >= 4 is 39.3 Å². The molecular formula is C11H11IN2O. The van der Waals surface area contributed by atoms with E-state index in [1.54, 1.807) is 0 Å². The van der Waals surface area contributed by atoms with Crippen molar-refractivity contribution in [1.29, 1.82) is 0 Å². The molecule has 0 fully saturated rings. The van der Waals surface area contributed by atoms with Crippen LogP contribution in [0.4, 0.5) is 5.82 Å². The van der Waals surface area contributed by atoms with E-state index in [0.29, 0.717) is 5.82 Å². The standard InChI is InChI=1S/C11H11IN2O/c1-2-14-9-5-7(12)3-4-8(9)10(15)6-11(14)13/h3-6H,2,13H2,1H3. The molecule has 0 radical (unpaired) electrons. The van der Waals surface area contributed by atoms with Gasteiger partial charge in [0.15, 0.2) is 5.43 Å². The quantitative estimate of drug-likeness (QED) is 0.821. The highest BCUT2D eigenvalue weighted by Crippen LogP contribution is 2.17. The van der Waals surface area contributed by atoms with Gasteiger partial charge in [-0.3, -0.25) is 4.79 Å². The normalized spacial score (nSPS) is 10.8. The van der Waals surface area contributed by atoms with Crippen molar-refractivity contribution in [3.05, 3.63) is 38.1 Å². The molecule has 1 aromatic carbocycles. The molecule has 2 N–H and O–H groups in total. The molecule has 0 bridgehead atoms. The third kappa shape index (κ3) is 1.73. The summed E-state index contributed by atoms with van der Waals surface area (Å²) in [6.07, 6.45) is 0. The van der Waals surface area contributed by atoms with Crippen LogP contribution in [0.2, 0.25) is 0 Å². The number of hydrogen-bond donors (Lipinski definition) is 1. The van der Waals surface area contributed by atoms with E-state index in [1.807, 2.05) is 29.7 Å². The average Bonchev–Trinajstić information content (AvgIpc) is 2.17. The first kappa shape index (κ1) is 10.5. The number of anilines is 1. The van der Waals surface area contributed by atoms with Crippen molar-refractivity contribution in [3.8, 4) is 0 Å². The number of nitrogen functional groups attached to an aromatic ring is 1. The molecule has 1 aromatic heterocycles. The summed E-state index contributed by atoms with van der Waals surface area (Å²) in [7, 11) is 0. The molecule has 2 aromatic rings. The molecule has 0 aliphatic heterocycles. The molecule has 78 valence electrons. The Morgan fingerprint density at radius 3 is 2.80 bits per heavy atom. The Bertz CT molecular complexity index is 575. The van der Waals surface area contributed by atoms with Crippen LogP contribution in [0.1, 0.15) is 6.92 Å². The van der Waals surface area contributed by atoms with Crippen LogP contribution in [-0.4, -0.2) is 4.57 Å². The van der Waals surface area contributed by atoms with Gasteiger partial charge in [-0.1, -0.05) is 0 Å². The number of pyridine rings is 1. The summed E-state index contributed by atoms with van der Waals surface area (Å²) in [5.74, 6) is 0.525. The SMILES string of the molecule is CCn1c(N)cc(=O)c2ccc(I)cc21. The summed E-state index contributed by atoms with van der Waals surface area (Å²) in [4.78, 5) is 11.7. The minimum absolute atomic E-state index is 0.0106. The predicted octanol–water partition coefficient (Wildman–Crippen LogP) is 2.21. The molecule has 0 spiro atoms. The van der Waals surface area contributed by atoms with Crippen molar-refractivity contribution in [3.63, 3.8) is 0 Å². The van der Waals surface area contributed by atoms with Gasteiger partial charge in [0, 0.05) is 21.6 Å². The van der Waals surface area contributed by atoms with E-state index >= 15 is 0 Å². The first-order valence-corrected chi connectivity index (χ1v) is 5.80. The fourth-order valence-electron chi connectivity index (χ4n) is 1.72. The molecule has 0 saturated heterocycles. The van der Waals surface area contributed by atoms with Crippen LogP contribution < -0.4 is 11.2 Å². The van der Waals surface area contributed by atoms with Crippen molar-refractivity contribution in [1.82, 2.24) is 4.57 Å². The Balaban J connectivity index is 2.98. The maximum atomic E-state index is 11.7. The fourth-order valence-corrected chi connectivity index (χ4v) is 2.19. The zero-order valence-electron chi connectivity index (χ0n) is 8.33. The van der Waals surface area contributed by atoms with Crippen LogP contribution in [0.15, 0.2) is 29.1 Å². The maximum Gasteiger partial charge on any atom is 0.191 e. The smallest absolute Gasteiger partial charge is 0.191 e. The second-order valence-electron chi connectivity index (χ2n) is 3.34. The van der Waals surface area contributed by atoms with Gasteiger partial charge in [-0.05, 0) is 47.7 Å². The summed E-state index contributed by atoms with van der Waals surface area (Å²) in [5.41, 5.74) is 6.71. The van der Waals surface area contributed by atoms with E-state index in [0.717, 1.165) is 21.0 Å². The summed E-state index contributed by atoms with van der Waals surface area (Å²) >= 11 is 2.23. The Hall–Kier alpha value is -1.04. The predicted molar refractivity (Wildman–Crippen MR) is 71.0 cm³/mol. The van der Waals surface area contributed by atoms with Gasteiger partial charge in [0.2, 0.25) is 0 Å². The minimum Gasteiger partial charge on any atom is -0.385 e. The molecule has 2 rings (SSSR count). The van der Waals surface area contributed by atoms with Crippen LogP contribution >= 0.6 is 22.6 Å². The number of aromatic nitrogens is 1. The lowest BCUT2D eigenvalue weighted by molar-refractivity contribution is 0.799. The number of nitrogens with zero attached hydrogens (tertiary/aromatic N) is 1. The van der Waals surface area contributed by atoms with Gasteiger partial charge in [-0.25, -0.2) is 0 Å². The van der Waals surface area contributed by atoms with Gasteiger partial charge in [0.05, 0.1) is 5.52 Å². The largest absolute Gasteiger partial charge is 0.385 e. The van der Waals surface area contributed by atoms with Gasteiger partial charge in [0.1, 0.15) is 5.82 Å². The zero-order chi connectivity index (χ0) is 11.0. The number of hydrogen-bond acceptors (Lipinski definition) is 2. The number of fused-ring (bicyclic) bond motifs is 1. The maximum absolute atomic E-state index is 11.7. The van der Waals surface area contributed by atoms with Crippen molar-refractivity contribution in [2.24, 2.45) is 0 Å². The lowest BCUT2D eigenvalue weighted by Gasteiger charge is -2.11. The molecule has 0 aliphatic rings. The first-order chi connectivity index (χ1) is 7.13. The summed E-state index contributed by atoms with van der Waals surface area (Å²) in [6, 6.07) is 7.25. The summed E-state index contributed by atoms with van der Waals surface area (Å²) < 4.78 is 3.05. The van der Waals surface area contributed by atoms with Crippen LogP contribution in [0.5, 0.6) is 0 Å². The monoisotopic (exact) mass is 314 g/mol. The van der Waals surface area contributed by atoms with E-state index in [4.69, 9.17) is 5.73 Å². The molecule has 0 amide bonds. The number of nitrogens with two attached hydrogens (primary N) is 1. The van der Waals surface area contributed by atoms with E-state index < -0.39 is 0 Å². The third-order valence-electron chi connectivity index (χ3n) is 2.42. The van der Waals surface area contributed by atoms with E-state index in [9.17, 15) is 4.79 Å².